The summed E-state index contributed by atoms with van der Waals surface area (Å²) >= 11 is 13.8. The van der Waals surface area contributed by atoms with Crippen molar-refractivity contribution in [3.8, 4) is 34.3 Å². The third-order valence-corrected chi connectivity index (χ3v) is 8.97. The number of hydrogen-bond acceptors (Lipinski definition) is 10. The maximum Gasteiger partial charge on any atom is 0.274 e. The number of carbonyl (C=O) groups excluding carboxylic acids is 1. The van der Waals surface area contributed by atoms with Crippen molar-refractivity contribution in [2.75, 3.05) is 45.2 Å². The lowest BCUT2D eigenvalue weighted by Gasteiger charge is -2.35. The molecule has 2 aliphatic heterocycles. The number of methoxy groups -OCH3 is 1. The predicted molar refractivity (Wildman–Crippen MR) is 174 cm³/mol. The molecule has 1 amide bonds. The Morgan fingerprint density at radius 1 is 1.11 bits per heavy atom. The Kier molecular flexibility index (Phi) is 9.47. The standard InChI is InChI=1S/C33H31Cl2N7O4/c1-46-33-29(18-42-15-20(44)16-42)37-14-27(40-33)24-6-2-4-22(30(24)34)23-5-3-7-25(31(23)35)39-32(45)26-12-19(13-36)21-8-9-41(10-11-43)17-28(21)38-26/h2-7,12,14,20,43-44H,8-11,15-18H2,1H3,(H,39,45). The van der Waals surface area contributed by atoms with E-state index >= 15 is 0 Å². The van der Waals surface area contributed by atoms with Crippen LogP contribution in [0.1, 0.15) is 33.0 Å². The highest BCUT2D eigenvalue weighted by Gasteiger charge is 2.27. The smallest absolute Gasteiger partial charge is 0.274 e. The van der Waals surface area contributed by atoms with E-state index in [1.54, 1.807) is 24.4 Å². The highest BCUT2D eigenvalue weighted by molar-refractivity contribution is 6.39. The van der Waals surface area contributed by atoms with Gasteiger partial charge in [0.1, 0.15) is 11.4 Å². The molecular formula is C33H31Cl2N7O4. The van der Waals surface area contributed by atoms with Gasteiger partial charge in [0.2, 0.25) is 5.88 Å². The molecule has 0 bridgehead atoms. The summed E-state index contributed by atoms with van der Waals surface area (Å²) in [4.78, 5) is 31.3. The Labute approximate surface area is 276 Å². The van der Waals surface area contributed by atoms with Gasteiger partial charge in [-0.15, -0.1) is 0 Å². The summed E-state index contributed by atoms with van der Waals surface area (Å²) in [6.07, 6.45) is 1.94. The topological polar surface area (TPSA) is 148 Å². The molecule has 0 atom stereocenters. The first-order valence-corrected chi connectivity index (χ1v) is 15.5. The highest BCUT2D eigenvalue weighted by Crippen LogP contribution is 2.41. The first kappa shape index (κ1) is 31.8. The number of likely N-dealkylation sites (tertiary alicyclic amines) is 1. The van der Waals surface area contributed by atoms with Gasteiger partial charge in [-0.25, -0.2) is 9.97 Å². The Morgan fingerprint density at radius 2 is 1.85 bits per heavy atom. The minimum Gasteiger partial charge on any atom is -0.480 e. The summed E-state index contributed by atoms with van der Waals surface area (Å²) in [7, 11) is 1.53. The summed E-state index contributed by atoms with van der Waals surface area (Å²) < 4.78 is 5.53. The van der Waals surface area contributed by atoms with Crippen LogP contribution in [0.2, 0.25) is 10.0 Å². The normalized spacial score (nSPS) is 15.1. The first-order chi connectivity index (χ1) is 22.3. The van der Waals surface area contributed by atoms with E-state index in [0.29, 0.717) is 102 Å². The van der Waals surface area contributed by atoms with Crippen LogP contribution >= 0.6 is 23.2 Å². The molecule has 236 valence electrons. The third kappa shape index (κ3) is 6.41. The molecule has 13 heteroatoms. The van der Waals surface area contributed by atoms with Crippen molar-refractivity contribution in [1.29, 1.82) is 5.26 Å². The number of hydrogen-bond donors (Lipinski definition) is 3. The maximum absolute atomic E-state index is 13.4. The second-order valence-corrected chi connectivity index (χ2v) is 11.9. The highest BCUT2D eigenvalue weighted by atomic mass is 35.5. The second-order valence-electron chi connectivity index (χ2n) is 11.2. The summed E-state index contributed by atoms with van der Waals surface area (Å²) in [6, 6.07) is 14.4. The molecule has 2 aromatic heterocycles. The van der Waals surface area contributed by atoms with Gasteiger partial charge < -0.3 is 20.3 Å². The number of halogens is 2. The molecule has 0 spiro atoms. The van der Waals surface area contributed by atoms with E-state index in [-0.39, 0.29) is 23.4 Å². The predicted octanol–water partition coefficient (Wildman–Crippen LogP) is 4.17. The average Bonchev–Trinajstić information content (AvgIpc) is 3.05. The van der Waals surface area contributed by atoms with Crippen LogP contribution in [-0.2, 0) is 19.5 Å². The molecule has 2 aromatic carbocycles. The lowest BCUT2D eigenvalue weighted by molar-refractivity contribution is -0.00403. The number of amides is 1. The summed E-state index contributed by atoms with van der Waals surface area (Å²) in [5.41, 5.74) is 5.37. The zero-order valence-corrected chi connectivity index (χ0v) is 26.5. The molecule has 4 aromatic rings. The fourth-order valence-corrected chi connectivity index (χ4v) is 6.39. The molecule has 0 radical (unpaired) electrons. The van der Waals surface area contributed by atoms with Crippen LogP contribution in [0.4, 0.5) is 5.69 Å². The number of nitrogens with zero attached hydrogens (tertiary/aromatic N) is 6. The molecular weight excluding hydrogens is 629 g/mol. The maximum atomic E-state index is 13.4. The van der Waals surface area contributed by atoms with Gasteiger partial charge in [-0.1, -0.05) is 53.5 Å². The van der Waals surface area contributed by atoms with E-state index in [0.717, 1.165) is 5.56 Å². The largest absolute Gasteiger partial charge is 0.480 e. The summed E-state index contributed by atoms with van der Waals surface area (Å²) in [6.45, 7) is 3.32. The van der Waals surface area contributed by atoms with Crippen LogP contribution in [0.3, 0.4) is 0 Å². The molecule has 3 N–H and O–H groups in total. The van der Waals surface area contributed by atoms with Crippen LogP contribution in [0.25, 0.3) is 22.4 Å². The van der Waals surface area contributed by atoms with Crippen LogP contribution < -0.4 is 10.1 Å². The van der Waals surface area contributed by atoms with Gasteiger partial charge in [0.15, 0.2) is 0 Å². The van der Waals surface area contributed by atoms with Crippen molar-refractivity contribution in [2.45, 2.75) is 25.6 Å². The van der Waals surface area contributed by atoms with Crippen LogP contribution in [0, 0.1) is 11.3 Å². The minimum atomic E-state index is -0.507. The molecule has 1 saturated heterocycles. The SMILES string of the molecule is COc1nc(-c2cccc(-c3cccc(NC(=O)c4cc(C#N)c5c(n4)CN(CCO)CC5)c3Cl)c2Cl)cnc1CN1CC(O)C1. The van der Waals surface area contributed by atoms with E-state index in [9.17, 15) is 20.3 Å². The van der Waals surface area contributed by atoms with Crippen molar-refractivity contribution >= 4 is 34.8 Å². The monoisotopic (exact) mass is 659 g/mol. The average molecular weight is 661 g/mol. The van der Waals surface area contributed by atoms with Crippen molar-refractivity contribution in [1.82, 2.24) is 24.8 Å². The molecule has 6 rings (SSSR count). The fourth-order valence-electron chi connectivity index (χ4n) is 5.79. The van der Waals surface area contributed by atoms with E-state index in [2.05, 4.69) is 31.2 Å². The van der Waals surface area contributed by atoms with Gasteiger partial charge in [0, 0.05) is 56.0 Å². The zero-order valence-electron chi connectivity index (χ0n) is 25.0. The van der Waals surface area contributed by atoms with Crippen molar-refractivity contribution < 1.29 is 19.7 Å². The van der Waals surface area contributed by atoms with Gasteiger partial charge in [-0.05, 0) is 24.1 Å². The number of nitriles is 1. The number of ether oxygens (including phenoxy) is 1. The molecule has 0 aliphatic carbocycles. The van der Waals surface area contributed by atoms with Crippen molar-refractivity contribution in [3.05, 3.63) is 86.9 Å². The number of anilines is 1. The van der Waals surface area contributed by atoms with Gasteiger partial charge >= 0.3 is 0 Å². The molecule has 4 heterocycles. The Bertz CT molecular complexity index is 1840. The van der Waals surface area contributed by atoms with E-state index in [1.807, 2.05) is 23.1 Å². The van der Waals surface area contributed by atoms with Crippen molar-refractivity contribution in [2.24, 2.45) is 0 Å². The quantitative estimate of drug-likeness (QED) is 0.239. The number of aliphatic hydroxyl groups is 2. The van der Waals surface area contributed by atoms with Gasteiger partial charge in [-0.2, -0.15) is 5.26 Å². The number of benzene rings is 2. The van der Waals surface area contributed by atoms with Crippen LogP contribution in [0.15, 0.2) is 48.7 Å². The second kappa shape index (κ2) is 13.7. The van der Waals surface area contributed by atoms with Gasteiger partial charge in [-0.3, -0.25) is 19.6 Å². The number of aliphatic hydroxyl groups excluding tert-OH is 2. The zero-order chi connectivity index (χ0) is 32.4. The number of pyridine rings is 1. The lowest BCUT2D eigenvalue weighted by atomic mass is 9.98. The van der Waals surface area contributed by atoms with Crippen LogP contribution in [-0.4, -0.2) is 86.9 Å². The van der Waals surface area contributed by atoms with Gasteiger partial charge in [0.05, 0.1) is 64.8 Å². The molecule has 0 saturated carbocycles. The molecule has 2 aliphatic rings. The summed E-state index contributed by atoms with van der Waals surface area (Å²) in [5, 5.41) is 32.2. The molecule has 0 unspecified atom stereocenters. The number of nitrogens with one attached hydrogen (secondary N) is 1. The first-order valence-electron chi connectivity index (χ1n) is 14.7. The molecule has 11 nitrogen and oxygen atoms in total. The third-order valence-electron chi connectivity index (χ3n) is 8.16. The van der Waals surface area contributed by atoms with Gasteiger partial charge in [0.25, 0.3) is 5.91 Å². The van der Waals surface area contributed by atoms with E-state index in [4.69, 9.17) is 27.9 Å². The number of fused-ring (bicyclic) bond motifs is 1. The Morgan fingerprint density at radius 3 is 2.57 bits per heavy atom. The Balaban J connectivity index is 1.27. The minimum absolute atomic E-state index is 0.0154. The Hall–Kier alpha value is -4.15. The van der Waals surface area contributed by atoms with Crippen LogP contribution in [0.5, 0.6) is 5.88 Å². The fraction of sp³-hybridized carbons (Fsp3) is 0.303. The molecule has 46 heavy (non-hydrogen) atoms. The number of β-amino-alcohol motifs (C(OH)–C–C–N with tert-alkyl or cyclic N) is 2. The number of aromatic nitrogens is 3. The van der Waals surface area contributed by atoms with E-state index < -0.39 is 5.91 Å². The lowest BCUT2D eigenvalue weighted by Crippen LogP contribution is -2.50. The van der Waals surface area contributed by atoms with Crippen molar-refractivity contribution in [3.63, 3.8) is 0 Å². The van der Waals surface area contributed by atoms with E-state index in [1.165, 1.54) is 13.2 Å². The molecule has 1 fully saturated rings. The number of carbonyl (C=O) groups is 1. The summed E-state index contributed by atoms with van der Waals surface area (Å²) in [5.74, 6) is -0.132. The number of rotatable bonds is 9.